The van der Waals surface area contributed by atoms with Crippen LogP contribution in [0.1, 0.15) is 0 Å². The minimum Gasteiger partial charge on any atom is -0.480 e. The molecule has 0 spiro atoms. The Morgan fingerprint density at radius 3 is 1.35 bits per heavy atom. The fourth-order valence-corrected chi connectivity index (χ4v) is 1.26. The van der Waals surface area contributed by atoms with Crippen LogP contribution in [0.25, 0.3) is 11.1 Å². The van der Waals surface area contributed by atoms with Gasteiger partial charge in [0.15, 0.2) is 0 Å². The van der Waals surface area contributed by atoms with E-state index in [1.54, 1.807) is 0 Å². The molecule has 0 aliphatic heterocycles. The van der Waals surface area contributed by atoms with Gasteiger partial charge in [0.2, 0.25) is 0 Å². The lowest BCUT2D eigenvalue weighted by atomic mass is 10.1. The molecule has 3 nitrogen and oxygen atoms in total. The average molecular weight is 230 g/mol. The van der Waals surface area contributed by atoms with Crippen LogP contribution in [0.2, 0.25) is 0 Å². The normalized spacial score (nSPS) is 9.00. The molecule has 0 radical (unpaired) electrons. The van der Waals surface area contributed by atoms with Crippen molar-refractivity contribution in [2.45, 2.75) is 0 Å². The van der Waals surface area contributed by atoms with E-state index in [2.05, 4.69) is 48.5 Å². The zero-order chi connectivity index (χ0) is 12.5. The van der Waals surface area contributed by atoms with Crippen molar-refractivity contribution in [3.63, 3.8) is 0 Å². The van der Waals surface area contributed by atoms with E-state index in [1.807, 2.05) is 12.1 Å². The Hall–Kier alpha value is -2.13. The zero-order valence-corrected chi connectivity index (χ0v) is 9.28. The fraction of sp³-hybridized carbons (Fsp3) is 0.0714. The zero-order valence-electron chi connectivity index (χ0n) is 9.28. The number of carboxylic acids is 1. The van der Waals surface area contributed by atoms with Crippen molar-refractivity contribution < 1.29 is 15.0 Å². The van der Waals surface area contributed by atoms with Crippen molar-refractivity contribution in [2.24, 2.45) is 0 Å². The first-order valence-corrected chi connectivity index (χ1v) is 5.17. The third kappa shape index (κ3) is 4.95. The van der Waals surface area contributed by atoms with Crippen LogP contribution in [0, 0.1) is 0 Å². The van der Waals surface area contributed by atoms with Gasteiger partial charge in [-0.2, -0.15) is 0 Å². The van der Waals surface area contributed by atoms with Crippen LogP contribution in [-0.4, -0.2) is 22.8 Å². The second-order valence-corrected chi connectivity index (χ2v) is 3.28. The predicted octanol–water partition coefficient (Wildman–Crippen LogP) is 2.42. The van der Waals surface area contributed by atoms with Gasteiger partial charge in [0.1, 0.15) is 6.61 Å². The Balaban J connectivity index is 0.000000249. The summed E-state index contributed by atoms with van der Waals surface area (Å²) in [6, 6.07) is 20.8. The maximum atomic E-state index is 9.12. The lowest BCUT2D eigenvalue weighted by molar-refractivity contribution is -0.140. The number of aliphatic carboxylic acids is 1. The molecule has 0 aromatic heterocycles. The third-order valence-electron chi connectivity index (χ3n) is 2.02. The lowest BCUT2D eigenvalue weighted by Gasteiger charge is -1.98. The van der Waals surface area contributed by atoms with E-state index in [9.17, 15) is 0 Å². The van der Waals surface area contributed by atoms with E-state index in [4.69, 9.17) is 15.0 Å². The van der Waals surface area contributed by atoms with Crippen LogP contribution in [0.5, 0.6) is 0 Å². The van der Waals surface area contributed by atoms with Crippen LogP contribution in [0.3, 0.4) is 0 Å². The number of hydrogen-bond donors (Lipinski definition) is 2. The number of benzene rings is 2. The first-order valence-electron chi connectivity index (χ1n) is 5.17. The van der Waals surface area contributed by atoms with Gasteiger partial charge in [-0.25, -0.2) is 4.79 Å². The number of rotatable bonds is 2. The topological polar surface area (TPSA) is 57.5 Å². The smallest absolute Gasteiger partial charge is 0.329 e. The van der Waals surface area contributed by atoms with Crippen molar-refractivity contribution in [1.29, 1.82) is 0 Å². The summed E-state index contributed by atoms with van der Waals surface area (Å²) in [7, 11) is 0. The van der Waals surface area contributed by atoms with Gasteiger partial charge in [0, 0.05) is 0 Å². The molecule has 0 heterocycles. The van der Waals surface area contributed by atoms with E-state index < -0.39 is 12.6 Å². The highest BCUT2D eigenvalue weighted by atomic mass is 16.4. The molecule has 2 rings (SSSR count). The molecular formula is C14H14O3. The molecular weight excluding hydrogens is 216 g/mol. The Kier molecular flexibility index (Phi) is 5.47. The SMILES string of the molecule is O=C(O)CO.c1ccc(-c2ccccc2)cc1. The summed E-state index contributed by atoms with van der Waals surface area (Å²) in [5.41, 5.74) is 2.55. The molecule has 0 fully saturated rings. The first kappa shape index (κ1) is 12.9. The van der Waals surface area contributed by atoms with Crippen LogP contribution < -0.4 is 0 Å². The minimum absolute atomic E-state index is 0.778. The minimum atomic E-state index is -1.19. The summed E-state index contributed by atoms with van der Waals surface area (Å²) in [5.74, 6) is -1.19. The molecule has 2 aromatic rings. The Morgan fingerprint density at radius 1 is 0.824 bits per heavy atom. The molecule has 0 unspecified atom stereocenters. The number of aliphatic hydroxyl groups is 1. The highest BCUT2D eigenvalue weighted by molar-refractivity contribution is 5.67. The van der Waals surface area contributed by atoms with Gasteiger partial charge in [0.25, 0.3) is 0 Å². The van der Waals surface area contributed by atoms with Gasteiger partial charge >= 0.3 is 5.97 Å². The quantitative estimate of drug-likeness (QED) is 0.833. The van der Waals surface area contributed by atoms with E-state index in [0.29, 0.717) is 0 Å². The van der Waals surface area contributed by atoms with Crippen LogP contribution in [-0.2, 0) is 4.79 Å². The molecule has 0 saturated heterocycles. The van der Waals surface area contributed by atoms with Gasteiger partial charge in [0.05, 0.1) is 0 Å². The summed E-state index contributed by atoms with van der Waals surface area (Å²) >= 11 is 0. The van der Waals surface area contributed by atoms with E-state index in [1.165, 1.54) is 11.1 Å². The fourth-order valence-electron chi connectivity index (χ4n) is 1.26. The monoisotopic (exact) mass is 230 g/mol. The molecule has 2 aromatic carbocycles. The standard InChI is InChI=1S/C12H10.C2H4O3/c1-3-7-11(8-4-1)12-9-5-2-6-10-12;3-1-2(4)5/h1-10H;3H,1H2,(H,4,5). The summed E-state index contributed by atoms with van der Waals surface area (Å²) in [5, 5.41) is 15.0. The summed E-state index contributed by atoms with van der Waals surface area (Å²) in [6.07, 6.45) is 0. The van der Waals surface area contributed by atoms with Gasteiger partial charge < -0.3 is 10.2 Å². The van der Waals surface area contributed by atoms with Crippen LogP contribution in [0.15, 0.2) is 60.7 Å². The molecule has 0 aliphatic rings. The van der Waals surface area contributed by atoms with Gasteiger partial charge in [-0.15, -0.1) is 0 Å². The van der Waals surface area contributed by atoms with Crippen molar-refractivity contribution in [3.8, 4) is 11.1 Å². The van der Waals surface area contributed by atoms with Crippen molar-refractivity contribution in [1.82, 2.24) is 0 Å². The summed E-state index contributed by atoms with van der Waals surface area (Å²) < 4.78 is 0. The second kappa shape index (κ2) is 7.19. The third-order valence-corrected chi connectivity index (χ3v) is 2.02. The Bertz CT molecular complexity index is 400. The highest BCUT2D eigenvalue weighted by Crippen LogP contribution is 2.17. The molecule has 0 saturated carbocycles. The average Bonchev–Trinajstić information content (AvgIpc) is 2.41. The Morgan fingerprint density at radius 2 is 1.12 bits per heavy atom. The number of aliphatic hydroxyl groups excluding tert-OH is 1. The maximum Gasteiger partial charge on any atom is 0.329 e. The van der Waals surface area contributed by atoms with E-state index in [-0.39, 0.29) is 0 Å². The van der Waals surface area contributed by atoms with Crippen LogP contribution >= 0.6 is 0 Å². The molecule has 2 N–H and O–H groups in total. The van der Waals surface area contributed by atoms with Gasteiger partial charge in [-0.05, 0) is 11.1 Å². The lowest BCUT2D eigenvalue weighted by Crippen LogP contribution is -1.98. The van der Waals surface area contributed by atoms with E-state index in [0.717, 1.165) is 0 Å². The number of carboxylic acid groups (broad SMARTS) is 1. The van der Waals surface area contributed by atoms with Crippen LogP contribution in [0.4, 0.5) is 0 Å². The molecule has 3 heteroatoms. The highest BCUT2D eigenvalue weighted by Gasteiger charge is 1.91. The summed E-state index contributed by atoms with van der Waals surface area (Å²) in [4.78, 5) is 9.12. The number of hydrogen-bond acceptors (Lipinski definition) is 2. The molecule has 0 aliphatic carbocycles. The van der Waals surface area contributed by atoms with Crippen molar-refractivity contribution >= 4 is 5.97 Å². The summed E-state index contributed by atoms with van der Waals surface area (Å²) in [6.45, 7) is -0.778. The Labute approximate surface area is 100.0 Å². The van der Waals surface area contributed by atoms with Gasteiger partial charge in [-0.3, -0.25) is 0 Å². The van der Waals surface area contributed by atoms with Gasteiger partial charge in [-0.1, -0.05) is 60.7 Å². The molecule has 0 amide bonds. The largest absolute Gasteiger partial charge is 0.480 e. The van der Waals surface area contributed by atoms with Crippen molar-refractivity contribution in [3.05, 3.63) is 60.7 Å². The molecule has 88 valence electrons. The maximum absolute atomic E-state index is 9.12. The molecule has 0 bridgehead atoms. The first-order chi connectivity index (χ1) is 8.24. The molecule has 17 heavy (non-hydrogen) atoms. The second-order valence-electron chi connectivity index (χ2n) is 3.28. The van der Waals surface area contributed by atoms with E-state index >= 15 is 0 Å². The predicted molar refractivity (Wildman–Crippen MR) is 66.6 cm³/mol. The number of carbonyl (C=O) groups is 1. The molecule has 0 atom stereocenters. The van der Waals surface area contributed by atoms with Crippen molar-refractivity contribution in [2.75, 3.05) is 6.61 Å².